The number of carbonyl (C=O) groups excluding carboxylic acids is 1. The number of hydrogen-bond acceptors (Lipinski definition) is 5. The van der Waals surface area contributed by atoms with Crippen molar-refractivity contribution in [3.63, 3.8) is 0 Å². The molecular formula is C13H14N4O2. The molecule has 1 amide bonds. The molecule has 0 aromatic carbocycles. The average molecular weight is 258 g/mol. The van der Waals surface area contributed by atoms with Crippen LogP contribution in [0, 0.1) is 0 Å². The van der Waals surface area contributed by atoms with Crippen molar-refractivity contribution in [2.75, 3.05) is 17.7 Å². The van der Waals surface area contributed by atoms with E-state index in [1.54, 1.807) is 24.3 Å². The molecule has 0 bridgehead atoms. The summed E-state index contributed by atoms with van der Waals surface area (Å²) in [5, 5.41) is 2.67. The molecule has 0 fully saturated rings. The van der Waals surface area contributed by atoms with Crippen LogP contribution in [0.5, 0.6) is 5.88 Å². The van der Waals surface area contributed by atoms with Gasteiger partial charge in [0, 0.05) is 12.3 Å². The minimum atomic E-state index is -0.371. The summed E-state index contributed by atoms with van der Waals surface area (Å²) in [6.45, 7) is 2.42. The molecule has 6 heteroatoms. The molecule has 2 rings (SSSR count). The van der Waals surface area contributed by atoms with Gasteiger partial charge in [-0.2, -0.15) is 0 Å². The predicted octanol–water partition coefficient (Wildman–Crippen LogP) is 1.71. The lowest BCUT2D eigenvalue weighted by molar-refractivity contribution is 0.102. The van der Waals surface area contributed by atoms with Gasteiger partial charge in [-0.15, -0.1) is 0 Å². The molecule has 0 spiro atoms. The van der Waals surface area contributed by atoms with Crippen molar-refractivity contribution in [3.05, 3.63) is 42.4 Å². The lowest BCUT2D eigenvalue weighted by Crippen LogP contribution is -2.15. The lowest BCUT2D eigenvalue weighted by atomic mass is 10.3. The number of nitrogens with two attached hydrogens (primary N) is 1. The fourth-order valence-corrected chi connectivity index (χ4v) is 1.49. The normalized spacial score (nSPS) is 9.95. The minimum Gasteiger partial charge on any atom is -0.478 e. The van der Waals surface area contributed by atoms with Gasteiger partial charge in [-0.25, -0.2) is 9.97 Å². The van der Waals surface area contributed by atoms with E-state index in [1.165, 1.54) is 12.4 Å². The number of nitrogen functional groups attached to an aromatic ring is 1. The van der Waals surface area contributed by atoms with Crippen LogP contribution in [0.3, 0.4) is 0 Å². The summed E-state index contributed by atoms with van der Waals surface area (Å²) in [5.41, 5.74) is 6.76. The van der Waals surface area contributed by atoms with Crippen LogP contribution in [0.25, 0.3) is 0 Å². The van der Waals surface area contributed by atoms with E-state index in [1.807, 2.05) is 6.92 Å². The van der Waals surface area contributed by atoms with E-state index >= 15 is 0 Å². The quantitative estimate of drug-likeness (QED) is 0.871. The fourth-order valence-electron chi connectivity index (χ4n) is 1.49. The monoisotopic (exact) mass is 258 g/mol. The second-order valence-corrected chi connectivity index (χ2v) is 3.71. The van der Waals surface area contributed by atoms with Crippen LogP contribution in [-0.2, 0) is 0 Å². The van der Waals surface area contributed by atoms with E-state index in [9.17, 15) is 4.79 Å². The second-order valence-electron chi connectivity index (χ2n) is 3.71. The Morgan fingerprint density at radius 1 is 1.37 bits per heavy atom. The molecule has 0 aliphatic heterocycles. The Hall–Kier alpha value is -2.63. The zero-order valence-electron chi connectivity index (χ0n) is 10.5. The number of rotatable bonds is 4. The molecule has 0 saturated heterocycles. The smallest absolute Gasteiger partial charge is 0.276 e. The van der Waals surface area contributed by atoms with Crippen molar-refractivity contribution in [1.29, 1.82) is 0 Å². The summed E-state index contributed by atoms with van der Waals surface area (Å²) in [4.78, 5) is 19.9. The maximum absolute atomic E-state index is 11.9. The number of hydrogen-bond donors (Lipinski definition) is 2. The molecular weight excluding hydrogens is 244 g/mol. The number of anilines is 2. The second kappa shape index (κ2) is 5.81. The molecule has 2 aromatic rings. The summed E-state index contributed by atoms with van der Waals surface area (Å²) in [6.07, 6.45) is 3.03. The molecule has 0 aliphatic rings. The number of pyridine rings is 2. The van der Waals surface area contributed by atoms with Crippen LogP contribution < -0.4 is 15.8 Å². The molecule has 0 saturated carbocycles. The number of nitrogens with one attached hydrogen (secondary N) is 1. The van der Waals surface area contributed by atoms with Gasteiger partial charge >= 0.3 is 0 Å². The highest BCUT2D eigenvalue weighted by Gasteiger charge is 2.11. The molecule has 6 nitrogen and oxygen atoms in total. The highest BCUT2D eigenvalue weighted by Crippen LogP contribution is 2.14. The zero-order chi connectivity index (χ0) is 13.7. The third kappa shape index (κ3) is 3.19. The largest absolute Gasteiger partial charge is 0.478 e. The number of ether oxygens (including phenoxy) is 1. The van der Waals surface area contributed by atoms with Crippen LogP contribution >= 0.6 is 0 Å². The van der Waals surface area contributed by atoms with Gasteiger partial charge in [0.1, 0.15) is 0 Å². The van der Waals surface area contributed by atoms with E-state index in [0.29, 0.717) is 23.9 Å². The number of aromatic nitrogens is 2. The minimum absolute atomic E-state index is 0.191. The third-order valence-electron chi connectivity index (χ3n) is 2.34. The van der Waals surface area contributed by atoms with Crippen molar-refractivity contribution in [2.45, 2.75) is 6.92 Å². The molecule has 98 valence electrons. The highest BCUT2D eigenvalue weighted by atomic mass is 16.5. The first-order chi connectivity index (χ1) is 9.20. The number of nitrogens with zero attached hydrogens (tertiary/aromatic N) is 2. The standard InChI is InChI=1S/C13H14N4O2/c1-2-19-11-6-5-9(8-16-11)17-13(18)12-10(14)4-3-7-15-12/h3-8H,2,14H2,1H3,(H,17,18). The van der Waals surface area contributed by atoms with Gasteiger partial charge in [-0.3, -0.25) is 4.79 Å². The van der Waals surface area contributed by atoms with Gasteiger partial charge in [0.25, 0.3) is 5.91 Å². The van der Waals surface area contributed by atoms with Gasteiger partial charge < -0.3 is 15.8 Å². The zero-order valence-corrected chi connectivity index (χ0v) is 10.5. The van der Waals surface area contributed by atoms with Gasteiger partial charge in [0.15, 0.2) is 5.69 Å². The van der Waals surface area contributed by atoms with Crippen LogP contribution in [0.1, 0.15) is 17.4 Å². The molecule has 0 aliphatic carbocycles. The summed E-state index contributed by atoms with van der Waals surface area (Å²) in [7, 11) is 0. The first-order valence-corrected chi connectivity index (χ1v) is 5.81. The Morgan fingerprint density at radius 2 is 2.21 bits per heavy atom. The number of carbonyl (C=O) groups is 1. The summed E-state index contributed by atoms with van der Waals surface area (Å²) < 4.78 is 5.21. The Morgan fingerprint density at radius 3 is 2.84 bits per heavy atom. The molecule has 2 aromatic heterocycles. The maximum Gasteiger partial charge on any atom is 0.276 e. The van der Waals surface area contributed by atoms with Gasteiger partial charge in [-0.1, -0.05) is 0 Å². The Bertz CT molecular complexity index is 569. The topological polar surface area (TPSA) is 90.1 Å². The van der Waals surface area contributed by atoms with Crippen molar-refractivity contribution in [2.24, 2.45) is 0 Å². The highest BCUT2D eigenvalue weighted by molar-refractivity contribution is 6.06. The average Bonchev–Trinajstić information content (AvgIpc) is 2.42. The molecule has 0 atom stereocenters. The Balaban J connectivity index is 2.09. The van der Waals surface area contributed by atoms with E-state index in [4.69, 9.17) is 10.5 Å². The Labute approximate surface area is 110 Å². The van der Waals surface area contributed by atoms with E-state index in [2.05, 4.69) is 15.3 Å². The van der Waals surface area contributed by atoms with Gasteiger partial charge in [0.05, 0.1) is 24.2 Å². The van der Waals surface area contributed by atoms with Crippen LogP contribution in [0.15, 0.2) is 36.7 Å². The van der Waals surface area contributed by atoms with Crippen molar-refractivity contribution in [1.82, 2.24) is 9.97 Å². The summed E-state index contributed by atoms with van der Waals surface area (Å²) in [5.74, 6) is 0.141. The van der Waals surface area contributed by atoms with E-state index in [0.717, 1.165) is 0 Å². The maximum atomic E-state index is 11.9. The summed E-state index contributed by atoms with van der Waals surface area (Å²) in [6, 6.07) is 6.68. The molecule has 0 radical (unpaired) electrons. The van der Waals surface area contributed by atoms with E-state index in [-0.39, 0.29) is 11.6 Å². The predicted molar refractivity (Wildman–Crippen MR) is 72.0 cm³/mol. The Kier molecular flexibility index (Phi) is 3.92. The fraction of sp³-hybridized carbons (Fsp3) is 0.154. The third-order valence-corrected chi connectivity index (χ3v) is 2.34. The van der Waals surface area contributed by atoms with Gasteiger partial charge in [-0.05, 0) is 25.1 Å². The molecule has 0 unspecified atom stereocenters. The first-order valence-electron chi connectivity index (χ1n) is 5.81. The lowest BCUT2D eigenvalue weighted by Gasteiger charge is -2.07. The molecule has 19 heavy (non-hydrogen) atoms. The van der Waals surface area contributed by atoms with Crippen LogP contribution in [0.2, 0.25) is 0 Å². The van der Waals surface area contributed by atoms with Crippen LogP contribution in [-0.4, -0.2) is 22.5 Å². The van der Waals surface area contributed by atoms with Crippen LogP contribution in [0.4, 0.5) is 11.4 Å². The van der Waals surface area contributed by atoms with Crippen molar-refractivity contribution >= 4 is 17.3 Å². The number of amides is 1. The first kappa shape index (κ1) is 12.8. The molecule has 3 N–H and O–H groups in total. The van der Waals surface area contributed by atoms with Gasteiger partial charge in [0.2, 0.25) is 5.88 Å². The van der Waals surface area contributed by atoms with E-state index < -0.39 is 0 Å². The summed E-state index contributed by atoms with van der Waals surface area (Å²) >= 11 is 0. The van der Waals surface area contributed by atoms with Crippen molar-refractivity contribution < 1.29 is 9.53 Å². The molecule has 2 heterocycles. The van der Waals surface area contributed by atoms with Crippen molar-refractivity contribution in [3.8, 4) is 5.88 Å². The SMILES string of the molecule is CCOc1ccc(NC(=O)c2ncccc2N)cn1.